The normalized spacial score (nSPS) is 8.25. The lowest BCUT2D eigenvalue weighted by Gasteiger charge is -1.98. The number of ether oxygens (including phenoxy) is 1. The predicted octanol–water partition coefficient (Wildman–Crippen LogP) is 1.64. The maximum atomic E-state index is 9.84. The van der Waals surface area contributed by atoms with Crippen molar-refractivity contribution in [3.8, 4) is 0 Å². The van der Waals surface area contributed by atoms with Crippen molar-refractivity contribution < 1.29 is 14.7 Å². The molecule has 0 aliphatic heterocycles. The van der Waals surface area contributed by atoms with Crippen LogP contribution in [0, 0.1) is 10.1 Å². The molecule has 5 nitrogen and oxygen atoms in total. The van der Waals surface area contributed by atoms with E-state index in [1.165, 1.54) is 14.0 Å². The minimum absolute atomic E-state index is 0.0821. The summed E-state index contributed by atoms with van der Waals surface area (Å²) in [7, 11) is 1.48. The van der Waals surface area contributed by atoms with Crippen LogP contribution >= 0.6 is 0 Å². The van der Waals surface area contributed by atoms with Crippen LogP contribution < -0.4 is 0 Å². The molecule has 5 heteroatoms. The van der Waals surface area contributed by atoms with Crippen molar-refractivity contribution >= 4 is 0 Å². The van der Waals surface area contributed by atoms with E-state index in [1.54, 1.807) is 0 Å². The van der Waals surface area contributed by atoms with Gasteiger partial charge in [-0.25, -0.2) is 0 Å². The van der Waals surface area contributed by atoms with Crippen LogP contribution in [0.25, 0.3) is 0 Å². The summed E-state index contributed by atoms with van der Waals surface area (Å²) in [6.45, 7) is 3.29. The molecule has 0 aliphatic carbocycles. The number of nitrogens with zero attached hydrogens (tertiary/aromatic N) is 1. The van der Waals surface area contributed by atoms with E-state index in [4.69, 9.17) is 4.74 Å². The van der Waals surface area contributed by atoms with Crippen molar-refractivity contribution in [1.82, 2.24) is 0 Å². The van der Waals surface area contributed by atoms with E-state index < -0.39 is 5.09 Å². The molecule has 0 spiro atoms. The second kappa shape index (κ2) is 5.21. The van der Waals surface area contributed by atoms with Gasteiger partial charge in [-0.15, -0.1) is 10.1 Å². The van der Waals surface area contributed by atoms with E-state index in [1.807, 2.05) is 6.92 Å². The van der Waals surface area contributed by atoms with E-state index in [2.05, 4.69) is 10.6 Å². The summed E-state index contributed by atoms with van der Waals surface area (Å²) >= 11 is 0. The minimum Gasteiger partial charge on any atom is -0.493 e. The molecule has 0 unspecified atom stereocenters. The van der Waals surface area contributed by atoms with E-state index in [-0.39, 0.29) is 5.76 Å². The van der Waals surface area contributed by atoms with Crippen LogP contribution in [-0.4, -0.2) is 12.2 Å². The molecule has 0 rings (SSSR count). The first-order valence-electron chi connectivity index (χ1n) is 3.42. The third-order valence-corrected chi connectivity index (χ3v) is 1.09. The van der Waals surface area contributed by atoms with Crippen molar-refractivity contribution in [3.63, 3.8) is 0 Å². The van der Waals surface area contributed by atoms with Crippen LogP contribution in [0.1, 0.15) is 20.3 Å². The summed E-state index contributed by atoms with van der Waals surface area (Å²) in [5, 5.41) is 8.96. The van der Waals surface area contributed by atoms with Gasteiger partial charge in [-0.2, -0.15) is 0 Å². The highest BCUT2D eigenvalue weighted by Gasteiger charge is 1.96. The zero-order valence-corrected chi connectivity index (χ0v) is 7.29. The molecule has 0 radical (unpaired) electrons. The van der Waals surface area contributed by atoms with Gasteiger partial charge in [0.15, 0.2) is 0 Å². The SMILES string of the molecule is CCC(=C=C(C)O[N+](=O)[O-])OC. The van der Waals surface area contributed by atoms with E-state index >= 15 is 0 Å². The van der Waals surface area contributed by atoms with Crippen LogP contribution in [0.3, 0.4) is 0 Å². The molecule has 0 heterocycles. The van der Waals surface area contributed by atoms with E-state index in [9.17, 15) is 10.1 Å². The monoisotopic (exact) mass is 173 g/mol. The summed E-state index contributed by atoms with van der Waals surface area (Å²) in [6, 6.07) is 0. The van der Waals surface area contributed by atoms with Gasteiger partial charge < -0.3 is 4.74 Å². The van der Waals surface area contributed by atoms with Gasteiger partial charge in [-0.05, 0) is 6.92 Å². The Kier molecular flexibility index (Phi) is 4.57. The summed E-state index contributed by atoms with van der Waals surface area (Å²) < 4.78 is 4.83. The number of hydrogen-bond donors (Lipinski definition) is 0. The fourth-order valence-electron chi connectivity index (χ4n) is 0.615. The molecule has 0 N–H and O–H groups in total. The first kappa shape index (κ1) is 10.5. The Balaban J connectivity index is 4.47. The molecule has 0 bridgehead atoms. The zero-order valence-electron chi connectivity index (χ0n) is 7.29. The number of hydrogen-bond acceptors (Lipinski definition) is 4. The Bertz CT molecular complexity index is 222. The highest BCUT2D eigenvalue weighted by atomic mass is 17.0. The molecule has 0 saturated carbocycles. The highest BCUT2D eigenvalue weighted by molar-refractivity contribution is 4.95. The van der Waals surface area contributed by atoms with Gasteiger partial charge in [0, 0.05) is 6.42 Å². The Hall–Kier alpha value is -1.48. The fraction of sp³-hybridized carbons (Fsp3) is 0.571. The molecular weight excluding hydrogens is 162 g/mol. The third kappa shape index (κ3) is 4.35. The third-order valence-electron chi connectivity index (χ3n) is 1.09. The maximum absolute atomic E-state index is 9.84. The Labute approximate surface area is 70.4 Å². The average Bonchev–Trinajstić information content (AvgIpc) is 1.98. The van der Waals surface area contributed by atoms with Gasteiger partial charge in [-0.3, -0.25) is 4.84 Å². The maximum Gasteiger partial charge on any atom is 0.300 e. The zero-order chi connectivity index (χ0) is 9.56. The van der Waals surface area contributed by atoms with Gasteiger partial charge >= 0.3 is 0 Å². The van der Waals surface area contributed by atoms with Gasteiger partial charge in [0.1, 0.15) is 11.5 Å². The predicted molar refractivity (Wildman–Crippen MR) is 41.6 cm³/mol. The second-order valence-corrected chi connectivity index (χ2v) is 1.98. The molecule has 0 saturated heterocycles. The average molecular weight is 173 g/mol. The molecule has 12 heavy (non-hydrogen) atoms. The minimum atomic E-state index is -0.884. The molecule has 0 aliphatic rings. The molecule has 0 aromatic rings. The second-order valence-electron chi connectivity index (χ2n) is 1.98. The molecule has 0 fully saturated rings. The van der Waals surface area contributed by atoms with Gasteiger partial charge in [0.05, 0.1) is 7.11 Å². The van der Waals surface area contributed by atoms with Crippen molar-refractivity contribution in [3.05, 3.63) is 27.4 Å². The summed E-state index contributed by atoms with van der Waals surface area (Å²) in [5.74, 6) is 0.605. The first-order chi connectivity index (χ1) is 5.60. The number of allylic oxidation sites excluding steroid dienone is 1. The fourth-order valence-corrected chi connectivity index (χ4v) is 0.615. The standard InChI is InChI=1S/C7H11NO4/c1-4-7(11-3)5-6(2)12-8(9)10/h4H2,1-3H3. The summed E-state index contributed by atoms with van der Waals surface area (Å²) in [6.07, 6.45) is 0.620. The highest BCUT2D eigenvalue weighted by Crippen LogP contribution is 2.01. The first-order valence-corrected chi connectivity index (χ1v) is 3.42. The Morgan fingerprint density at radius 2 is 2.25 bits per heavy atom. The topological polar surface area (TPSA) is 61.6 Å². The number of methoxy groups -OCH3 is 1. The molecule has 68 valence electrons. The van der Waals surface area contributed by atoms with Crippen LogP contribution in [-0.2, 0) is 9.57 Å². The van der Waals surface area contributed by atoms with E-state index in [0.717, 1.165) is 0 Å². The molecule has 0 amide bonds. The lowest BCUT2D eigenvalue weighted by molar-refractivity contribution is -0.742. The van der Waals surface area contributed by atoms with Crippen LogP contribution in [0.2, 0.25) is 0 Å². The van der Waals surface area contributed by atoms with Crippen molar-refractivity contribution in [1.29, 1.82) is 0 Å². The van der Waals surface area contributed by atoms with Gasteiger partial charge in [-0.1, -0.05) is 12.7 Å². The van der Waals surface area contributed by atoms with E-state index in [0.29, 0.717) is 12.2 Å². The lowest BCUT2D eigenvalue weighted by atomic mass is 10.4. The Morgan fingerprint density at radius 1 is 1.67 bits per heavy atom. The molecule has 0 aromatic carbocycles. The molecular formula is C7H11NO4. The van der Waals surface area contributed by atoms with Crippen molar-refractivity contribution in [2.24, 2.45) is 0 Å². The largest absolute Gasteiger partial charge is 0.493 e. The smallest absolute Gasteiger partial charge is 0.300 e. The lowest BCUT2D eigenvalue weighted by Crippen LogP contribution is -1.97. The van der Waals surface area contributed by atoms with Crippen molar-refractivity contribution in [2.75, 3.05) is 7.11 Å². The van der Waals surface area contributed by atoms with Gasteiger partial charge in [0.2, 0.25) is 0 Å². The quantitative estimate of drug-likeness (QED) is 0.280. The van der Waals surface area contributed by atoms with Gasteiger partial charge in [0.25, 0.3) is 5.09 Å². The van der Waals surface area contributed by atoms with Crippen molar-refractivity contribution in [2.45, 2.75) is 20.3 Å². The van der Waals surface area contributed by atoms with Crippen LogP contribution in [0.4, 0.5) is 0 Å². The van der Waals surface area contributed by atoms with Crippen LogP contribution in [0.15, 0.2) is 17.2 Å². The van der Waals surface area contributed by atoms with Crippen LogP contribution in [0.5, 0.6) is 0 Å². The summed E-state index contributed by atoms with van der Waals surface area (Å²) in [4.78, 5) is 14.0. The summed E-state index contributed by atoms with van der Waals surface area (Å²) in [5.41, 5.74) is 2.59. The molecule has 0 aromatic heterocycles. The number of rotatable bonds is 4. The molecule has 0 atom stereocenters. The Morgan fingerprint density at radius 3 is 2.58 bits per heavy atom.